The molecule has 0 saturated heterocycles. The van der Waals surface area contributed by atoms with Gasteiger partial charge in [0.05, 0.1) is 24.5 Å². The van der Waals surface area contributed by atoms with Crippen molar-refractivity contribution < 1.29 is 28.2 Å². The van der Waals surface area contributed by atoms with Gasteiger partial charge in [0.25, 0.3) is 0 Å². The number of ether oxygens (including phenoxy) is 2. The second kappa shape index (κ2) is 9.26. The Kier molecular flexibility index (Phi) is 6.85. The minimum Gasteiger partial charge on any atom is -0.479 e. The van der Waals surface area contributed by atoms with Gasteiger partial charge in [-0.15, -0.1) is 0 Å². The minimum absolute atomic E-state index is 0.00491. The van der Waals surface area contributed by atoms with Crippen molar-refractivity contribution in [1.82, 2.24) is 9.78 Å². The summed E-state index contributed by atoms with van der Waals surface area (Å²) >= 11 is 6.30. The molecule has 0 spiro atoms. The molecule has 0 aliphatic heterocycles. The maximum atomic E-state index is 13.3. The molecule has 0 fully saturated rings. The van der Waals surface area contributed by atoms with Crippen molar-refractivity contribution >= 4 is 17.6 Å². The molecule has 0 unspecified atom stereocenters. The van der Waals surface area contributed by atoms with Crippen LogP contribution in [0.5, 0.6) is 5.75 Å². The van der Waals surface area contributed by atoms with Gasteiger partial charge in [-0.25, -0.2) is 4.79 Å². The molecule has 170 valence electrons. The number of carbonyl (C=O) groups is 1. The van der Waals surface area contributed by atoms with Gasteiger partial charge >= 0.3 is 12.1 Å². The maximum absolute atomic E-state index is 13.3. The molecule has 9 heteroatoms. The van der Waals surface area contributed by atoms with E-state index in [1.54, 1.807) is 28.9 Å². The highest BCUT2D eigenvalue weighted by atomic mass is 35.5. The Labute approximate surface area is 189 Å². The van der Waals surface area contributed by atoms with Crippen LogP contribution in [0.3, 0.4) is 0 Å². The molecule has 0 atom stereocenters. The molecule has 32 heavy (non-hydrogen) atoms. The van der Waals surface area contributed by atoms with Gasteiger partial charge in [0.1, 0.15) is 5.75 Å². The Hall–Kier alpha value is -2.97. The van der Waals surface area contributed by atoms with Crippen LogP contribution in [0, 0.1) is 0 Å². The van der Waals surface area contributed by atoms with Gasteiger partial charge in [-0.2, -0.15) is 13.9 Å². The van der Waals surface area contributed by atoms with Gasteiger partial charge in [-0.05, 0) is 43.7 Å². The van der Waals surface area contributed by atoms with Crippen molar-refractivity contribution in [3.63, 3.8) is 0 Å². The fourth-order valence-electron chi connectivity index (χ4n) is 2.92. The van der Waals surface area contributed by atoms with E-state index in [0.29, 0.717) is 35.4 Å². The predicted molar refractivity (Wildman–Crippen MR) is 116 cm³/mol. The summed E-state index contributed by atoms with van der Waals surface area (Å²) in [5.74, 6) is -1.09. The van der Waals surface area contributed by atoms with Crippen LogP contribution in [-0.4, -0.2) is 32.6 Å². The van der Waals surface area contributed by atoms with Gasteiger partial charge in [-0.3, -0.25) is 4.68 Å². The molecule has 2 aromatic carbocycles. The van der Waals surface area contributed by atoms with E-state index < -0.39 is 17.7 Å². The first-order valence-corrected chi connectivity index (χ1v) is 10.2. The SMILES string of the molecule is CC(F)(F)Oc1cccc(-c2cc(COC(C)(C)C(=O)O)nn2Cc2ccccc2Cl)c1. The molecule has 1 aromatic heterocycles. The average Bonchev–Trinajstić information content (AvgIpc) is 3.10. The van der Waals surface area contributed by atoms with Crippen LogP contribution in [-0.2, 0) is 22.7 Å². The number of carboxylic acids is 1. The molecule has 0 aliphatic rings. The fraction of sp³-hybridized carbons (Fsp3) is 0.304. The minimum atomic E-state index is -3.32. The molecular formula is C23H23ClF2N2O4. The summed E-state index contributed by atoms with van der Waals surface area (Å²) in [6.07, 6.45) is -3.32. The predicted octanol–water partition coefficient (Wildman–Crippen LogP) is 5.62. The van der Waals surface area contributed by atoms with Crippen LogP contribution in [0.4, 0.5) is 8.78 Å². The van der Waals surface area contributed by atoms with Crippen LogP contribution >= 0.6 is 11.6 Å². The molecule has 0 radical (unpaired) electrons. The highest BCUT2D eigenvalue weighted by Gasteiger charge is 2.28. The molecule has 6 nitrogen and oxygen atoms in total. The van der Waals surface area contributed by atoms with Gasteiger partial charge in [0.15, 0.2) is 5.60 Å². The molecule has 0 amide bonds. The molecule has 0 bridgehead atoms. The van der Waals surface area contributed by atoms with E-state index in [1.165, 1.54) is 26.0 Å². The van der Waals surface area contributed by atoms with Crippen LogP contribution in [0.15, 0.2) is 54.6 Å². The third-order valence-corrected chi connectivity index (χ3v) is 5.00. The first-order chi connectivity index (χ1) is 14.9. The Morgan fingerprint density at radius 1 is 1.12 bits per heavy atom. The number of halogens is 3. The summed E-state index contributed by atoms with van der Waals surface area (Å²) in [4.78, 5) is 11.3. The zero-order valence-electron chi connectivity index (χ0n) is 17.8. The number of aromatic nitrogens is 2. The molecular weight excluding hydrogens is 442 g/mol. The summed E-state index contributed by atoms with van der Waals surface area (Å²) in [5, 5.41) is 14.4. The zero-order valence-corrected chi connectivity index (χ0v) is 18.6. The summed E-state index contributed by atoms with van der Waals surface area (Å²) in [6, 6.07) is 15.3. The van der Waals surface area contributed by atoms with E-state index in [0.717, 1.165) is 5.56 Å². The second-order valence-corrected chi connectivity index (χ2v) is 8.22. The first kappa shape index (κ1) is 23.7. The van der Waals surface area contributed by atoms with Crippen molar-refractivity contribution in [1.29, 1.82) is 0 Å². The van der Waals surface area contributed by atoms with Gasteiger partial charge in [0.2, 0.25) is 0 Å². The van der Waals surface area contributed by atoms with Crippen molar-refractivity contribution in [2.24, 2.45) is 0 Å². The molecule has 1 N–H and O–H groups in total. The van der Waals surface area contributed by atoms with Gasteiger partial charge in [0, 0.05) is 17.5 Å². The number of rotatable bonds is 9. The molecule has 1 heterocycles. The summed E-state index contributed by atoms with van der Waals surface area (Å²) in [5.41, 5.74) is 1.10. The number of hydrogen-bond donors (Lipinski definition) is 1. The lowest BCUT2D eigenvalue weighted by atomic mass is 10.1. The molecule has 3 rings (SSSR count). The normalized spacial score (nSPS) is 12.1. The number of alkyl halides is 2. The van der Waals surface area contributed by atoms with Gasteiger partial charge in [-0.1, -0.05) is 41.9 Å². The Balaban J connectivity index is 1.97. The topological polar surface area (TPSA) is 73.6 Å². The smallest absolute Gasteiger partial charge is 0.394 e. The molecule has 0 saturated carbocycles. The van der Waals surface area contributed by atoms with E-state index in [2.05, 4.69) is 5.10 Å². The number of aliphatic carboxylic acids is 1. The second-order valence-electron chi connectivity index (χ2n) is 7.81. The number of hydrogen-bond acceptors (Lipinski definition) is 4. The zero-order chi connectivity index (χ0) is 23.5. The molecule has 3 aromatic rings. The Morgan fingerprint density at radius 2 is 1.84 bits per heavy atom. The van der Waals surface area contributed by atoms with Crippen LogP contribution in [0.2, 0.25) is 5.02 Å². The number of nitrogens with zero attached hydrogens (tertiary/aromatic N) is 2. The quantitative estimate of drug-likeness (QED) is 0.444. The van der Waals surface area contributed by atoms with Crippen molar-refractivity contribution in [3.8, 4) is 17.0 Å². The Bertz CT molecular complexity index is 1110. The monoisotopic (exact) mass is 464 g/mol. The van der Waals surface area contributed by atoms with Crippen molar-refractivity contribution in [3.05, 3.63) is 70.9 Å². The van der Waals surface area contributed by atoms with E-state index in [1.807, 2.05) is 18.2 Å². The lowest BCUT2D eigenvalue weighted by molar-refractivity contribution is -0.163. The molecule has 0 aliphatic carbocycles. The fourth-order valence-corrected chi connectivity index (χ4v) is 3.12. The summed E-state index contributed by atoms with van der Waals surface area (Å²) < 4.78 is 38.5. The Morgan fingerprint density at radius 3 is 2.50 bits per heavy atom. The van der Waals surface area contributed by atoms with Crippen LogP contribution < -0.4 is 4.74 Å². The van der Waals surface area contributed by atoms with Crippen molar-refractivity contribution in [2.75, 3.05) is 0 Å². The average molecular weight is 465 g/mol. The number of benzene rings is 2. The van der Waals surface area contributed by atoms with Gasteiger partial charge < -0.3 is 14.6 Å². The highest BCUT2D eigenvalue weighted by molar-refractivity contribution is 6.31. The summed E-state index contributed by atoms with van der Waals surface area (Å²) in [6.45, 7) is 3.82. The third-order valence-electron chi connectivity index (χ3n) is 4.63. The van der Waals surface area contributed by atoms with E-state index in [-0.39, 0.29) is 12.4 Å². The standard InChI is InChI=1S/C23H23ClF2N2O4/c1-22(2,21(29)30)31-14-17-12-20(15-8-6-9-18(11-15)32-23(3,25)26)28(27-17)13-16-7-4-5-10-19(16)24/h4-12H,13-14H2,1-3H3,(H,29,30). The van der Waals surface area contributed by atoms with Crippen LogP contribution in [0.25, 0.3) is 11.3 Å². The van der Waals surface area contributed by atoms with E-state index >= 15 is 0 Å². The first-order valence-electron chi connectivity index (χ1n) is 9.79. The largest absolute Gasteiger partial charge is 0.479 e. The van der Waals surface area contributed by atoms with E-state index in [4.69, 9.17) is 21.1 Å². The van der Waals surface area contributed by atoms with E-state index in [9.17, 15) is 18.7 Å². The highest BCUT2D eigenvalue weighted by Crippen LogP contribution is 2.29. The summed E-state index contributed by atoms with van der Waals surface area (Å²) in [7, 11) is 0. The lowest BCUT2D eigenvalue weighted by Crippen LogP contribution is -2.34. The third kappa shape index (κ3) is 6.05. The lowest BCUT2D eigenvalue weighted by Gasteiger charge is -2.19. The van der Waals surface area contributed by atoms with Crippen molar-refractivity contribution in [2.45, 2.75) is 45.6 Å². The van der Waals surface area contributed by atoms with Crippen LogP contribution in [0.1, 0.15) is 32.0 Å². The maximum Gasteiger partial charge on any atom is 0.394 e. The number of carboxylic acid groups (broad SMARTS) is 1.